The Hall–Kier alpha value is -0.980. The second-order valence-electron chi connectivity index (χ2n) is 6.17. The van der Waals surface area contributed by atoms with Crippen LogP contribution < -0.4 is 10.5 Å². The van der Waals surface area contributed by atoms with Crippen molar-refractivity contribution < 1.29 is 4.74 Å². The molecule has 0 aromatic heterocycles. The maximum atomic E-state index is 6.04. The molecule has 0 fully saturated rings. The summed E-state index contributed by atoms with van der Waals surface area (Å²) in [7, 11) is 0. The highest BCUT2D eigenvalue weighted by atomic mass is 127. The van der Waals surface area contributed by atoms with Gasteiger partial charge in [0.25, 0.3) is 0 Å². The highest BCUT2D eigenvalue weighted by molar-refractivity contribution is 14.0. The van der Waals surface area contributed by atoms with Crippen molar-refractivity contribution in [2.24, 2.45) is 10.7 Å². The monoisotopic (exact) mass is 419 g/mol. The second kappa shape index (κ2) is 9.22. The van der Waals surface area contributed by atoms with E-state index in [-0.39, 0.29) is 29.6 Å². The molecule has 0 heterocycles. The Bertz CT molecular complexity index is 491. The Morgan fingerprint density at radius 2 is 1.82 bits per heavy atom. The number of guanidine groups is 1. The molecule has 0 spiro atoms. The van der Waals surface area contributed by atoms with Crippen LogP contribution in [0.1, 0.15) is 45.7 Å². The molecule has 0 saturated carbocycles. The van der Waals surface area contributed by atoms with Gasteiger partial charge in [0.2, 0.25) is 0 Å². The van der Waals surface area contributed by atoms with Crippen molar-refractivity contribution in [3.05, 3.63) is 29.3 Å². The van der Waals surface area contributed by atoms with Crippen molar-refractivity contribution in [3.63, 3.8) is 0 Å². The number of aryl methyl sites for hydroxylation is 1. The van der Waals surface area contributed by atoms with Crippen LogP contribution in [-0.4, -0.2) is 29.6 Å². The number of nitrogens with two attached hydrogens (primary N) is 1. The number of halogens is 1. The Balaban J connectivity index is 0.00000441. The number of nitrogens with zero attached hydrogens (tertiary/aromatic N) is 2. The largest absolute Gasteiger partial charge is 0.488 e. The molecule has 1 aromatic rings. The maximum absolute atomic E-state index is 6.04. The minimum absolute atomic E-state index is 0. The van der Waals surface area contributed by atoms with Gasteiger partial charge in [-0.3, -0.25) is 0 Å². The third-order valence-electron chi connectivity index (χ3n) is 3.14. The van der Waals surface area contributed by atoms with Crippen LogP contribution >= 0.6 is 24.0 Å². The summed E-state index contributed by atoms with van der Waals surface area (Å²) in [6.07, 6.45) is 0. The number of benzene rings is 1. The summed E-state index contributed by atoms with van der Waals surface area (Å²) in [5, 5.41) is 0. The van der Waals surface area contributed by atoms with Crippen LogP contribution in [0.4, 0.5) is 0 Å². The summed E-state index contributed by atoms with van der Waals surface area (Å²) in [5.74, 6) is 1.47. The van der Waals surface area contributed by atoms with Gasteiger partial charge in [-0.05, 0) is 53.2 Å². The minimum Gasteiger partial charge on any atom is -0.488 e. The van der Waals surface area contributed by atoms with Gasteiger partial charge in [0.1, 0.15) is 11.4 Å². The van der Waals surface area contributed by atoms with E-state index >= 15 is 0 Å². The molecule has 1 aromatic carbocycles. The minimum atomic E-state index is -0.226. The summed E-state index contributed by atoms with van der Waals surface area (Å²) in [4.78, 5) is 6.54. The average molecular weight is 419 g/mol. The zero-order chi connectivity index (χ0) is 16.0. The number of ether oxygens (including phenoxy) is 1. The van der Waals surface area contributed by atoms with Crippen LogP contribution in [0.2, 0.25) is 0 Å². The first kappa shape index (κ1) is 21.0. The van der Waals surface area contributed by atoms with Crippen molar-refractivity contribution in [3.8, 4) is 5.75 Å². The smallest absolute Gasteiger partial charge is 0.191 e. The first-order valence-electron chi connectivity index (χ1n) is 7.60. The van der Waals surface area contributed by atoms with Crippen molar-refractivity contribution in [1.82, 2.24) is 4.90 Å². The van der Waals surface area contributed by atoms with Gasteiger partial charge in [-0.15, -0.1) is 24.0 Å². The van der Waals surface area contributed by atoms with E-state index in [4.69, 9.17) is 10.5 Å². The first-order valence-corrected chi connectivity index (χ1v) is 7.60. The quantitative estimate of drug-likeness (QED) is 0.447. The number of hydrogen-bond acceptors (Lipinski definition) is 2. The van der Waals surface area contributed by atoms with Gasteiger partial charge in [0, 0.05) is 18.7 Å². The van der Waals surface area contributed by atoms with E-state index in [1.807, 2.05) is 25.7 Å². The number of aliphatic imine (C=N–C) groups is 1. The molecule has 0 radical (unpaired) electrons. The van der Waals surface area contributed by atoms with E-state index in [2.05, 4.69) is 44.0 Å². The van der Waals surface area contributed by atoms with Crippen LogP contribution in [0, 0.1) is 6.92 Å². The molecule has 0 atom stereocenters. The SMILES string of the molecule is CCN(CC)C(N)=NCc1ccc(C)cc1OC(C)(C)C.I. The molecule has 1 rings (SSSR count). The molecular formula is C17H30IN3O. The summed E-state index contributed by atoms with van der Waals surface area (Å²) >= 11 is 0. The van der Waals surface area contributed by atoms with E-state index in [0.29, 0.717) is 12.5 Å². The lowest BCUT2D eigenvalue weighted by Crippen LogP contribution is -2.37. The van der Waals surface area contributed by atoms with Gasteiger partial charge in [-0.25, -0.2) is 4.99 Å². The van der Waals surface area contributed by atoms with Gasteiger partial charge < -0.3 is 15.4 Å². The molecule has 126 valence electrons. The molecule has 5 heteroatoms. The van der Waals surface area contributed by atoms with Gasteiger partial charge in [0.15, 0.2) is 5.96 Å². The van der Waals surface area contributed by atoms with E-state index in [9.17, 15) is 0 Å². The standard InChI is InChI=1S/C17H29N3O.HI/c1-7-20(8-2)16(18)19-12-14-10-9-13(3)11-15(14)21-17(4,5)6;/h9-11H,7-8,12H2,1-6H3,(H2,18,19);1H. The fourth-order valence-electron chi connectivity index (χ4n) is 2.03. The molecular weight excluding hydrogens is 389 g/mol. The predicted octanol–water partition coefficient (Wildman–Crippen LogP) is 3.95. The Labute approximate surface area is 152 Å². The molecule has 0 aliphatic carbocycles. The highest BCUT2D eigenvalue weighted by Gasteiger charge is 2.15. The fraction of sp³-hybridized carbons (Fsp3) is 0.588. The van der Waals surface area contributed by atoms with Crippen LogP contribution in [0.3, 0.4) is 0 Å². The molecule has 2 N–H and O–H groups in total. The topological polar surface area (TPSA) is 50.8 Å². The van der Waals surface area contributed by atoms with Gasteiger partial charge in [-0.2, -0.15) is 0 Å². The van der Waals surface area contributed by atoms with E-state index < -0.39 is 0 Å². The summed E-state index contributed by atoms with van der Waals surface area (Å²) in [6.45, 7) is 14.6. The Kier molecular flexibility index (Phi) is 8.81. The summed E-state index contributed by atoms with van der Waals surface area (Å²) in [6, 6.07) is 6.20. The lowest BCUT2D eigenvalue weighted by molar-refractivity contribution is 0.129. The van der Waals surface area contributed by atoms with Crippen LogP contribution in [-0.2, 0) is 6.54 Å². The van der Waals surface area contributed by atoms with Gasteiger partial charge in [0.05, 0.1) is 6.54 Å². The lowest BCUT2D eigenvalue weighted by Gasteiger charge is -2.24. The first-order chi connectivity index (χ1) is 9.76. The van der Waals surface area contributed by atoms with Gasteiger partial charge in [-0.1, -0.05) is 12.1 Å². The van der Waals surface area contributed by atoms with Crippen LogP contribution in [0.5, 0.6) is 5.75 Å². The molecule has 0 amide bonds. The molecule has 0 unspecified atom stereocenters. The van der Waals surface area contributed by atoms with E-state index in [1.54, 1.807) is 0 Å². The number of rotatable bonds is 5. The zero-order valence-electron chi connectivity index (χ0n) is 14.6. The number of hydrogen-bond donors (Lipinski definition) is 1. The normalized spacial score (nSPS) is 11.8. The Morgan fingerprint density at radius 1 is 1.23 bits per heavy atom. The molecule has 4 nitrogen and oxygen atoms in total. The van der Waals surface area contributed by atoms with Crippen LogP contribution in [0.15, 0.2) is 23.2 Å². The predicted molar refractivity (Wildman–Crippen MR) is 105 cm³/mol. The molecule has 0 saturated heterocycles. The highest BCUT2D eigenvalue weighted by Crippen LogP contribution is 2.25. The maximum Gasteiger partial charge on any atom is 0.191 e. The van der Waals surface area contributed by atoms with Crippen molar-refractivity contribution >= 4 is 29.9 Å². The lowest BCUT2D eigenvalue weighted by atomic mass is 10.1. The third-order valence-corrected chi connectivity index (χ3v) is 3.14. The third kappa shape index (κ3) is 6.85. The zero-order valence-corrected chi connectivity index (χ0v) is 17.0. The van der Waals surface area contributed by atoms with Crippen molar-refractivity contribution in [2.45, 2.75) is 53.7 Å². The van der Waals surface area contributed by atoms with E-state index in [1.165, 1.54) is 5.56 Å². The molecule has 0 bridgehead atoms. The second-order valence-corrected chi connectivity index (χ2v) is 6.17. The van der Waals surface area contributed by atoms with Crippen molar-refractivity contribution in [1.29, 1.82) is 0 Å². The summed E-state index contributed by atoms with van der Waals surface area (Å²) in [5.41, 5.74) is 8.04. The van der Waals surface area contributed by atoms with Gasteiger partial charge >= 0.3 is 0 Å². The molecule has 22 heavy (non-hydrogen) atoms. The average Bonchev–Trinajstić information content (AvgIpc) is 2.37. The van der Waals surface area contributed by atoms with Crippen LogP contribution in [0.25, 0.3) is 0 Å². The molecule has 0 aliphatic heterocycles. The molecule has 0 aliphatic rings. The summed E-state index contributed by atoms with van der Waals surface area (Å²) < 4.78 is 6.04. The van der Waals surface area contributed by atoms with Crippen molar-refractivity contribution in [2.75, 3.05) is 13.1 Å². The Morgan fingerprint density at radius 3 is 2.32 bits per heavy atom. The van der Waals surface area contributed by atoms with E-state index in [0.717, 1.165) is 24.4 Å². The fourth-order valence-corrected chi connectivity index (χ4v) is 2.03.